The van der Waals surface area contributed by atoms with Gasteiger partial charge in [0.05, 0.1) is 11.1 Å². The summed E-state index contributed by atoms with van der Waals surface area (Å²) in [6, 6.07) is 10.8. The number of nitrogens with zero attached hydrogens (tertiary/aromatic N) is 2. The van der Waals surface area contributed by atoms with E-state index in [0.717, 1.165) is 29.5 Å². The highest BCUT2D eigenvalue weighted by Crippen LogP contribution is 2.22. The SMILES string of the molecule is Cc1ccc(CNC(=O)C(=O)N/N=C\c2ccc([O-])c([N+](=O)[O-])c2)cc1. The molecule has 0 radical (unpaired) electrons. The van der Waals surface area contributed by atoms with Gasteiger partial charge in [-0.1, -0.05) is 42.0 Å². The van der Waals surface area contributed by atoms with Gasteiger partial charge in [0.2, 0.25) is 0 Å². The maximum absolute atomic E-state index is 11.7. The summed E-state index contributed by atoms with van der Waals surface area (Å²) in [6.45, 7) is 2.13. The summed E-state index contributed by atoms with van der Waals surface area (Å²) in [5.74, 6) is -2.58. The highest BCUT2D eigenvalue weighted by atomic mass is 16.6. The fourth-order valence-corrected chi connectivity index (χ4v) is 1.94. The minimum Gasteiger partial charge on any atom is -0.868 e. The number of aryl methyl sites for hydroxylation is 1. The van der Waals surface area contributed by atoms with Crippen LogP contribution >= 0.6 is 0 Å². The van der Waals surface area contributed by atoms with Crippen molar-refractivity contribution in [2.75, 3.05) is 0 Å². The Hall–Kier alpha value is -3.75. The van der Waals surface area contributed by atoms with E-state index < -0.39 is 28.2 Å². The van der Waals surface area contributed by atoms with E-state index >= 15 is 0 Å². The topological polar surface area (TPSA) is 137 Å². The Morgan fingerprint density at radius 3 is 2.50 bits per heavy atom. The molecule has 0 aliphatic carbocycles. The smallest absolute Gasteiger partial charge is 0.329 e. The number of benzene rings is 2. The van der Waals surface area contributed by atoms with Crippen LogP contribution in [0.2, 0.25) is 0 Å². The van der Waals surface area contributed by atoms with E-state index in [1.807, 2.05) is 36.6 Å². The number of carbonyl (C=O) groups excluding carboxylic acids is 2. The van der Waals surface area contributed by atoms with Crippen LogP contribution < -0.4 is 15.8 Å². The van der Waals surface area contributed by atoms with Crippen molar-refractivity contribution in [1.82, 2.24) is 10.7 Å². The van der Waals surface area contributed by atoms with Gasteiger partial charge >= 0.3 is 11.8 Å². The van der Waals surface area contributed by atoms with E-state index in [0.29, 0.717) is 0 Å². The van der Waals surface area contributed by atoms with Crippen molar-refractivity contribution in [1.29, 1.82) is 0 Å². The molecular weight excluding hydrogens is 340 g/mol. The first-order chi connectivity index (χ1) is 12.4. The molecule has 0 bridgehead atoms. The summed E-state index contributed by atoms with van der Waals surface area (Å²) in [6.07, 6.45) is 1.09. The lowest BCUT2D eigenvalue weighted by atomic mass is 10.1. The zero-order valence-corrected chi connectivity index (χ0v) is 13.8. The molecule has 2 N–H and O–H groups in total. The highest BCUT2D eigenvalue weighted by molar-refractivity contribution is 6.35. The highest BCUT2D eigenvalue weighted by Gasteiger charge is 2.12. The van der Waals surface area contributed by atoms with Gasteiger partial charge in [-0.2, -0.15) is 5.10 Å². The van der Waals surface area contributed by atoms with Gasteiger partial charge in [0.15, 0.2) is 0 Å². The third-order valence-corrected chi connectivity index (χ3v) is 3.34. The average molecular weight is 355 g/mol. The van der Waals surface area contributed by atoms with Crippen molar-refractivity contribution < 1.29 is 19.6 Å². The van der Waals surface area contributed by atoms with Gasteiger partial charge in [-0.25, -0.2) is 5.43 Å². The summed E-state index contributed by atoms with van der Waals surface area (Å²) in [5.41, 5.74) is 3.56. The zero-order valence-electron chi connectivity index (χ0n) is 13.8. The van der Waals surface area contributed by atoms with Crippen LogP contribution in [0, 0.1) is 17.0 Å². The molecule has 26 heavy (non-hydrogen) atoms. The number of nitro benzene ring substituents is 1. The van der Waals surface area contributed by atoms with Crippen molar-refractivity contribution in [3.8, 4) is 5.75 Å². The number of carbonyl (C=O) groups is 2. The maximum Gasteiger partial charge on any atom is 0.329 e. The van der Waals surface area contributed by atoms with Crippen molar-refractivity contribution in [2.24, 2.45) is 5.10 Å². The van der Waals surface area contributed by atoms with Gasteiger partial charge in [-0.3, -0.25) is 19.7 Å². The van der Waals surface area contributed by atoms with Gasteiger partial charge in [0.1, 0.15) is 0 Å². The number of nitrogens with one attached hydrogen (secondary N) is 2. The fraction of sp³-hybridized carbons (Fsp3) is 0.118. The second kappa shape index (κ2) is 8.38. The quantitative estimate of drug-likeness (QED) is 0.353. The van der Waals surface area contributed by atoms with E-state index in [1.54, 1.807) is 0 Å². The Balaban J connectivity index is 1.88. The Morgan fingerprint density at radius 2 is 1.85 bits per heavy atom. The predicted octanol–water partition coefficient (Wildman–Crippen LogP) is 0.743. The third kappa shape index (κ3) is 5.13. The van der Waals surface area contributed by atoms with Crippen LogP contribution in [0.1, 0.15) is 16.7 Å². The van der Waals surface area contributed by atoms with E-state index in [4.69, 9.17) is 0 Å². The minimum absolute atomic E-state index is 0.188. The molecule has 0 unspecified atom stereocenters. The monoisotopic (exact) mass is 355 g/mol. The van der Waals surface area contributed by atoms with Gasteiger partial charge in [-0.15, -0.1) is 0 Å². The molecule has 0 spiro atoms. The molecule has 0 saturated heterocycles. The van der Waals surface area contributed by atoms with E-state index in [-0.39, 0.29) is 12.1 Å². The standard InChI is InChI=1S/C17H16N4O5/c1-11-2-4-12(5-3-11)9-18-16(23)17(24)20-19-10-13-6-7-15(22)14(8-13)21(25)26/h2-8,10,22H,9H2,1H3,(H,18,23)(H,20,24)/p-1/b19-10-. The second-order valence-electron chi connectivity index (χ2n) is 5.35. The summed E-state index contributed by atoms with van der Waals surface area (Å²) < 4.78 is 0. The number of amides is 2. The third-order valence-electron chi connectivity index (χ3n) is 3.34. The molecular formula is C17H15N4O5-. The van der Waals surface area contributed by atoms with Gasteiger partial charge in [0, 0.05) is 18.2 Å². The van der Waals surface area contributed by atoms with Crippen molar-refractivity contribution >= 4 is 23.7 Å². The summed E-state index contributed by atoms with van der Waals surface area (Å²) in [4.78, 5) is 33.2. The van der Waals surface area contributed by atoms with Crippen LogP contribution in [0.25, 0.3) is 0 Å². The van der Waals surface area contributed by atoms with Crippen LogP contribution in [-0.2, 0) is 16.1 Å². The lowest BCUT2D eigenvalue weighted by Gasteiger charge is -2.06. The molecule has 134 valence electrons. The fourth-order valence-electron chi connectivity index (χ4n) is 1.94. The Bertz CT molecular complexity index is 862. The summed E-state index contributed by atoms with van der Waals surface area (Å²) in [7, 11) is 0. The lowest BCUT2D eigenvalue weighted by Crippen LogP contribution is -2.37. The molecule has 9 nitrogen and oxygen atoms in total. The number of hydrazone groups is 1. The zero-order chi connectivity index (χ0) is 19.1. The molecule has 0 atom stereocenters. The molecule has 0 aliphatic heterocycles. The molecule has 0 aliphatic rings. The first-order valence-electron chi connectivity index (χ1n) is 7.49. The maximum atomic E-state index is 11.7. The van der Waals surface area contributed by atoms with Crippen molar-refractivity contribution in [3.05, 3.63) is 69.3 Å². The second-order valence-corrected chi connectivity index (χ2v) is 5.35. The van der Waals surface area contributed by atoms with E-state index in [2.05, 4.69) is 10.4 Å². The molecule has 9 heteroatoms. The first-order valence-corrected chi connectivity index (χ1v) is 7.49. The molecule has 2 aromatic carbocycles. The average Bonchev–Trinajstić information content (AvgIpc) is 2.62. The molecule has 2 aromatic rings. The minimum atomic E-state index is -0.983. The van der Waals surface area contributed by atoms with Crippen LogP contribution in [0.3, 0.4) is 0 Å². The van der Waals surface area contributed by atoms with E-state index in [1.165, 1.54) is 6.07 Å². The summed E-state index contributed by atoms with van der Waals surface area (Å²) in [5, 5.41) is 28.0. The molecule has 0 aromatic heterocycles. The molecule has 0 saturated carbocycles. The predicted molar refractivity (Wildman–Crippen MR) is 91.3 cm³/mol. The van der Waals surface area contributed by atoms with Gasteiger partial charge in [-0.05, 0) is 18.2 Å². The number of hydrogen-bond acceptors (Lipinski definition) is 6. The Kier molecular flexibility index (Phi) is 5.99. The van der Waals surface area contributed by atoms with Crippen LogP contribution in [0.5, 0.6) is 5.75 Å². The summed E-state index contributed by atoms with van der Waals surface area (Å²) >= 11 is 0. The lowest BCUT2D eigenvalue weighted by molar-refractivity contribution is -0.398. The largest absolute Gasteiger partial charge is 0.868 e. The van der Waals surface area contributed by atoms with Crippen molar-refractivity contribution in [3.63, 3.8) is 0 Å². The molecule has 0 heterocycles. The molecule has 2 rings (SSSR count). The first kappa shape index (κ1) is 18.6. The number of nitro groups is 1. The van der Waals surface area contributed by atoms with Crippen molar-refractivity contribution in [2.45, 2.75) is 13.5 Å². The number of hydrogen-bond donors (Lipinski definition) is 2. The van der Waals surface area contributed by atoms with Crippen LogP contribution in [0.4, 0.5) is 5.69 Å². The Labute approximate surface area is 148 Å². The number of rotatable bonds is 5. The van der Waals surface area contributed by atoms with E-state index in [9.17, 15) is 24.8 Å². The van der Waals surface area contributed by atoms with Gasteiger partial charge < -0.3 is 10.4 Å². The Morgan fingerprint density at radius 1 is 1.15 bits per heavy atom. The normalized spacial score (nSPS) is 10.5. The van der Waals surface area contributed by atoms with Crippen LogP contribution in [0.15, 0.2) is 47.6 Å². The molecule has 0 fully saturated rings. The van der Waals surface area contributed by atoms with Gasteiger partial charge in [0.25, 0.3) is 5.69 Å². The van der Waals surface area contributed by atoms with Crippen LogP contribution in [-0.4, -0.2) is 23.0 Å². The molecule has 2 amide bonds.